The third-order valence-electron chi connectivity index (χ3n) is 2.85. The van der Waals surface area contributed by atoms with Crippen LogP contribution in [0.3, 0.4) is 0 Å². The Balaban J connectivity index is 3.91. The fraction of sp³-hybridized carbons (Fsp3) is 0.923. The Morgan fingerprint density at radius 3 is 2.31 bits per heavy atom. The van der Waals surface area contributed by atoms with E-state index in [4.69, 9.17) is 0 Å². The molecule has 1 amide bonds. The summed E-state index contributed by atoms with van der Waals surface area (Å²) in [6.45, 7) is 13.1. The van der Waals surface area contributed by atoms with E-state index in [1.54, 1.807) is 0 Å². The topological polar surface area (TPSA) is 32.3 Å². The maximum Gasteiger partial charge on any atom is 0.223 e. The monoisotopic (exact) mass is 228 g/mol. The molecule has 0 heterocycles. The van der Waals surface area contributed by atoms with Crippen LogP contribution in [0.2, 0.25) is 0 Å². The van der Waals surface area contributed by atoms with Gasteiger partial charge in [-0.15, -0.1) is 0 Å². The molecule has 0 saturated carbocycles. The number of carbonyl (C=O) groups is 1. The van der Waals surface area contributed by atoms with Crippen molar-refractivity contribution in [3.05, 3.63) is 0 Å². The van der Waals surface area contributed by atoms with E-state index < -0.39 is 0 Å². The molecule has 0 aromatic rings. The van der Waals surface area contributed by atoms with Crippen molar-refractivity contribution >= 4 is 5.91 Å². The van der Waals surface area contributed by atoms with Gasteiger partial charge in [0.2, 0.25) is 5.91 Å². The third-order valence-corrected chi connectivity index (χ3v) is 2.85. The molecule has 0 bridgehead atoms. The Hall–Kier alpha value is -0.570. The van der Waals surface area contributed by atoms with Gasteiger partial charge in [0.1, 0.15) is 0 Å². The summed E-state index contributed by atoms with van der Waals surface area (Å²) in [5.41, 5.74) is 0. The number of carbonyl (C=O) groups excluding carboxylic acids is 1. The van der Waals surface area contributed by atoms with Crippen molar-refractivity contribution in [3.63, 3.8) is 0 Å². The first-order chi connectivity index (χ1) is 7.51. The second-order valence-electron chi connectivity index (χ2n) is 4.80. The summed E-state index contributed by atoms with van der Waals surface area (Å²) in [5, 5.41) is 3.28. The van der Waals surface area contributed by atoms with Crippen LogP contribution in [-0.4, -0.2) is 36.5 Å². The average molecular weight is 228 g/mol. The molecule has 16 heavy (non-hydrogen) atoms. The number of rotatable bonds is 8. The standard InChI is InChI=1S/C13H28N2O/c1-6-12(5)10-15(7-2)13(16)8-9-14-11(3)4/h11-12,14H,6-10H2,1-5H3. The minimum Gasteiger partial charge on any atom is -0.343 e. The lowest BCUT2D eigenvalue weighted by atomic mass is 10.1. The zero-order chi connectivity index (χ0) is 12.6. The molecule has 1 N–H and O–H groups in total. The van der Waals surface area contributed by atoms with Crippen LogP contribution in [-0.2, 0) is 4.79 Å². The lowest BCUT2D eigenvalue weighted by Gasteiger charge is -2.24. The molecular weight excluding hydrogens is 200 g/mol. The van der Waals surface area contributed by atoms with Gasteiger partial charge < -0.3 is 10.2 Å². The Bertz CT molecular complexity index is 192. The Morgan fingerprint density at radius 1 is 1.25 bits per heavy atom. The van der Waals surface area contributed by atoms with Gasteiger partial charge in [0.15, 0.2) is 0 Å². The van der Waals surface area contributed by atoms with Crippen LogP contribution in [0.4, 0.5) is 0 Å². The van der Waals surface area contributed by atoms with E-state index in [-0.39, 0.29) is 5.91 Å². The molecule has 1 atom stereocenters. The fourth-order valence-electron chi connectivity index (χ4n) is 1.54. The average Bonchev–Trinajstić information content (AvgIpc) is 2.24. The van der Waals surface area contributed by atoms with Crippen LogP contribution in [0.15, 0.2) is 0 Å². The summed E-state index contributed by atoms with van der Waals surface area (Å²) in [6.07, 6.45) is 1.75. The Labute approximate surface area is 101 Å². The number of nitrogens with one attached hydrogen (secondary N) is 1. The van der Waals surface area contributed by atoms with Crippen molar-refractivity contribution in [3.8, 4) is 0 Å². The molecule has 0 spiro atoms. The van der Waals surface area contributed by atoms with Crippen molar-refractivity contribution in [2.45, 2.75) is 53.5 Å². The normalized spacial score (nSPS) is 12.9. The van der Waals surface area contributed by atoms with Gasteiger partial charge in [-0.2, -0.15) is 0 Å². The zero-order valence-electron chi connectivity index (χ0n) is 11.5. The lowest BCUT2D eigenvalue weighted by Crippen LogP contribution is -2.37. The predicted molar refractivity (Wildman–Crippen MR) is 69.5 cm³/mol. The van der Waals surface area contributed by atoms with Gasteiger partial charge in [0.05, 0.1) is 0 Å². The van der Waals surface area contributed by atoms with Gasteiger partial charge in [-0.05, 0) is 12.8 Å². The minimum absolute atomic E-state index is 0.274. The molecule has 0 aromatic heterocycles. The van der Waals surface area contributed by atoms with E-state index in [1.165, 1.54) is 0 Å². The van der Waals surface area contributed by atoms with Crippen molar-refractivity contribution in [1.29, 1.82) is 0 Å². The maximum atomic E-state index is 11.9. The third kappa shape index (κ3) is 6.83. The van der Waals surface area contributed by atoms with Gasteiger partial charge in [-0.3, -0.25) is 4.79 Å². The maximum absolute atomic E-state index is 11.9. The summed E-state index contributed by atoms with van der Waals surface area (Å²) >= 11 is 0. The predicted octanol–water partition coefficient (Wildman–Crippen LogP) is 2.27. The van der Waals surface area contributed by atoms with Crippen LogP contribution in [0, 0.1) is 5.92 Å². The van der Waals surface area contributed by atoms with E-state index in [9.17, 15) is 4.79 Å². The number of amides is 1. The first kappa shape index (κ1) is 15.4. The van der Waals surface area contributed by atoms with Gasteiger partial charge in [-0.1, -0.05) is 34.1 Å². The van der Waals surface area contributed by atoms with Gasteiger partial charge >= 0.3 is 0 Å². The molecule has 1 unspecified atom stereocenters. The molecule has 0 radical (unpaired) electrons. The molecule has 0 saturated heterocycles. The van der Waals surface area contributed by atoms with Crippen LogP contribution in [0.5, 0.6) is 0 Å². The Kier molecular flexibility index (Phi) is 8.26. The molecule has 3 heteroatoms. The quantitative estimate of drug-likeness (QED) is 0.691. The van der Waals surface area contributed by atoms with E-state index >= 15 is 0 Å². The van der Waals surface area contributed by atoms with Crippen molar-refractivity contribution in [2.24, 2.45) is 5.92 Å². The molecule has 0 aromatic carbocycles. The highest BCUT2D eigenvalue weighted by molar-refractivity contribution is 5.76. The van der Waals surface area contributed by atoms with Crippen LogP contribution in [0.25, 0.3) is 0 Å². The first-order valence-corrected chi connectivity index (χ1v) is 6.52. The van der Waals surface area contributed by atoms with Crippen molar-refractivity contribution < 1.29 is 4.79 Å². The molecule has 0 aliphatic carbocycles. The number of hydrogen-bond acceptors (Lipinski definition) is 2. The van der Waals surface area contributed by atoms with Crippen LogP contribution in [0.1, 0.15) is 47.5 Å². The van der Waals surface area contributed by atoms with Gasteiger partial charge in [-0.25, -0.2) is 0 Å². The summed E-state index contributed by atoms with van der Waals surface area (Å²) in [7, 11) is 0. The summed E-state index contributed by atoms with van der Waals surface area (Å²) in [6, 6.07) is 0.456. The lowest BCUT2D eigenvalue weighted by molar-refractivity contribution is -0.131. The Morgan fingerprint density at radius 2 is 1.88 bits per heavy atom. The van der Waals surface area contributed by atoms with Gasteiger partial charge in [0.25, 0.3) is 0 Å². The first-order valence-electron chi connectivity index (χ1n) is 6.52. The highest BCUT2D eigenvalue weighted by Crippen LogP contribution is 2.05. The largest absolute Gasteiger partial charge is 0.343 e. The molecule has 0 fully saturated rings. The second kappa shape index (κ2) is 8.57. The van der Waals surface area contributed by atoms with Crippen molar-refractivity contribution in [2.75, 3.05) is 19.6 Å². The smallest absolute Gasteiger partial charge is 0.223 e. The molecule has 96 valence electrons. The van der Waals surface area contributed by atoms with Crippen LogP contribution < -0.4 is 5.32 Å². The van der Waals surface area contributed by atoms with Gasteiger partial charge in [0, 0.05) is 32.1 Å². The number of nitrogens with zero attached hydrogens (tertiary/aromatic N) is 1. The minimum atomic E-state index is 0.274. The SMILES string of the molecule is CCC(C)CN(CC)C(=O)CCNC(C)C. The van der Waals surface area contributed by atoms with E-state index in [0.717, 1.165) is 26.1 Å². The van der Waals surface area contributed by atoms with Crippen LogP contribution >= 0.6 is 0 Å². The summed E-state index contributed by atoms with van der Waals surface area (Å²) in [4.78, 5) is 13.9. The second-order valence-corrected chi connectivity index (χ2v) is 4.80. The molecule has 0 aliphatic rings. The summed E-state index contributed by atoms with van der Waals surface area (Å²) in [5.74, 6) is 0.873. The summed E-state index contributed by atoms with van der Waals surface area (Å²) < 4.78 is 0. The van der Waals surface area contributed by atoms with E-state index in [2.05, 4.69) is 39.9 Å². The zero-order valence-corrected chi connectivity index (χ0v) is 11.5. The van der Waals surface area contributed by atoms with E-state index in [1.807, 2.05) is 4.90 Å². The molecular formula is C13H28N2O. The highest BCUT2D eigenvalue weighted by atomic mass is 16.2. The molecule has 0 rings (SSSR count). The molecule has 0 aliphatic heterocycles. The number of hydrogen-bond donors (Lipinski definition) is 1. The van der Waals surface area contributed by atoms with Crippen molar-refractivity contribution in [1.82, 2.24) is 10.2 Å². The fourth-order valence-corrected chi connectivity index (χ4v) is 1.54. The van der Waals surface area contributed by atoms with E-state index in [0.29, 0.717) is 18.4 Å². The highest BCUT2D eigenvalue weighted by Gasteiger charge is 2.13. The molecule has 3 nitrogen and oxygen atoms in total.